The van der Waals surface area contributed by atoms with Gasteiger partial charge in [-0.15, -0.1) is 0 Å². The van der Waals surface area contributed by atoms with E-state index in [0.717, 1.165) is 59.5 Å². The van der Waals surface area contributed by atoms with Gasteiger partial charge in [0.1, 0.15) is 6.10 Å². The van der Waals surface area contributed by atoms with E-state index < -0.39 is 23.9 Å². The molecule has 2 N–H and O–H groups in total. The van der Waals surface area contributed by atoms with Crippen LogP contribution >= 0.6 is 0 Å². The van der Waals surface area contributed by atoms with Gasteiger partial charge in [-0.3, -0.25) is 4.98 Å². The van der Waals surface area contributed by atoms with Crippen LogP contribution in [0.1, 0.15) is 103 Å². The highest BCUT2D eigenvalue weighted by Crippen LogP contribution is 2.55. The zero-order valence-electron chi connectivity index (χ0n) is 20.2. The van der Waals surface area contributed by atoms with Gasteiger partial charge in [-0.25, -0.2) is 0 Å². The molecule has 3 aliphatic rings. The number of fused-ring (bicyclic) bond motifs is 1. The Morgan fingerprint density at radius 3 is 2.40 bits per heavy atom. The Bertz CT molecular complexity index is 1130. The Hall–Kier alpha value is -2.22. The lowest BCUT2D eigenvalue weighted by Gasteiger charge is -2.47. The molecule has 1 fully saturated rings. The monoisotopic (exact) mass is 487 g/mol. The van der Waals surface area contributed by atoms with E-state index in [1.54, 1.807) is 0 Å². The molecule has 0 amide bonds. The van der Waals surface area contributed by atoms with Crippen LogP contribution in [-0.2, 0) is 17.3 Å². The van der Waals surface area contributed by atoms with Gasteiger partial charge in [0.15, 0.2) is 0 Å². The summed E-state index contributed by atoms with van der Waals surface area (Å²) >= 11 is 0. The maximum absolute atomic E-state index is 13.1. The molecule has 188 valence electrons. The minimum absolute atomic E-state index is 0.0185. The van der Waals surface area contributed by atoms with Gasteiger partial charge in [0, 0.05) is 22.5 Å². The molecule has 2 heterocycles. The number of benzene rings is 1. The SMILES string of the molecule is CC(C)c1nc2c(c(C3=CCOCC3)c1C(O)c1ccc(C(F)(F)F)cc1)C(O)CC1(CCC1)C2. The van der Waals surface area contributed by atoms with Crippen molar-refractivity contribution in [2.24, 2.45) is 5.41 Å². The molecule has 2 aliphatic carbocycles. The van der Waals surface area contributed by atoms with Gasteiger partial charge in [-0.05, 0) is 72.3 Å². The number of aliphatic hydroxyl groups is 2. The summed E-state index contributed by atoms with van der Waals surface area (Å²) < 4.78 is 44.9. The highest BCUT2D eigenvalue weighted by atomic mass is 19.4. The number of hydrogen-bond acceptors (Lipinski definition) is 4. The maximum atomic E-state index is 13.1. The molecule has 1 aromatic heterocycles. The Kier molecular flexibility index (Phi) is 6.31. The third-order valence-corrected chi connectivity index (χ3v) is 7.96. The van der Waals surface area contributed by atoms with Gasteiger partial charge in [0.25, 0.3) is 0 Å². The molecule has 1 aromatic carbocycles. The number of nitrogens with zero attached hydrogens (tertiary/aromatic N) is 1. The summed E-state index contributed by atoms with van der Waals surface area (Å²) in [7, 11) is 0. The summed E-state index contributed by atoms with van der Waals surface area (Å²) in [5, 5.41) is 23.0. The second-order valence-corrected chi connectivity index (χ2v) is 10.6. The highest BCUT2D eigenvalue weighted by Gasteiger charge is 2.45. The number of aromatic nitrogens is 1. The minimum atomic E-state index is -4.44. The van der Waals surface area contributed by atoms with Crippen LogP contribution in [-0.4, -0.2) is 28.4 Å². The number of aliphatic hydroxyl groups excluding tert-OH is 2. The number of rotatable bonds is 4. The predicted molar refractivity (Wildman–Crippen MR) is 127 cm³/mol. The van der Waals surface area contributed by atoms with E-state index in [4.69, 9.17) is 9.72 Å². The van der Waals surface area contributed by atoms with Crippen LogP contribution in [0.25, 0.3) is 5.57 Å². The van der Waals surface area contributed by atoms with Crippen molar-refractivity contribution in [3.63, 3.8) is 0 Å². The number of hydrogen-bond donors (Lipinski definition) is 2. The maximum Gasteiger partial charge on any atom is 0.416 e. The molecule has 35 heavy (non-hydrogen) atoms. The molecule has 2 atom stereocenters. The van der Waals surface area contributed by atoms with Crippen molar-refractivity contribution in [3.8, 4) is 0 Å². The van der Waals surface area contributed by atoms with Gasteiger partial charge in [0.2, 0.25) is 0 Å². The van der Waals surface area contributed by atoms with Crippen LogP contribution < -0.4 is 0 Å². The third-order valence-electron chi connectivity index (χ3n) is 7.96. The highest BCUT2D eigenvalue weighted by molar-refractivity contribution is 5.75. The molecule has 0 saturated heterocycles. The molecule has 0 radical (unpaired) electrons. The van der Waals surface area contributed by atoms with E-state index in [1.807, 2.05) is 19.9 Å². The van der Waals surface area contributed by atoms with Crippen molar-refractivity contribution in [2.75, 3.05) is 13.2 Å². The first-order chi connectivity index (χ1) is 16.6. The molecule has 1 aliphatic heterocycles. The molecule has 1 saturated carbocycles. The van der Waals surface area contributed by atoms with Crippen LogP contribution in [0.3, 0.4) is 0 Å². The second kappa shape index (κ2) is 9.02. The molecule has 2 unspecified atom stereocenters. The Morgan fingerprint density at radius 1 is 1.14 bits per heavy atom. The Morgan fingerprint density at radius 2 is 1.86 bits per heavy atom. The topological polar surface area (TPSA) is 62.6 Å². The summed E-state index contributed by atoms with van der Waals surface area (Å²) in [5.41, 5.74) is 4.54. The predicted octanol–water partition coefficient (Wildman–Crippen LogP) is 6.26. The van der Waals surface area contributed by atoms with E-state index in [9.17, 15) is 23.4 Å². The van der Waals surface area contributed by atoms with Crippen molar-refractivity contribution in [1.29, 1.82) is 0 Å². The third kappa shape index (κ3) is 4.43. The first-order valence-corrected chi connectivity index (χ1v) is 12.5. The fraction of sp³-hybridized carbons (Fsp3) is 0.536. The van der Waals surface area contributed by atoms with E-state index in [2.05, 4.69) is 0 Å². The standard InChI is InChI=1S/C28H32F3NO3/c1-16(2)25-24(26(34)18-4-6-19(7-5-18)28(29,30)31)22(17-8-12-35-13-9-17)23-20(32-25)14-27(10-3-11-27)15-21(23)33/h4-8,16,21,26,33-34H,3,9-15H2,1-2H3. The van der Waals surface area contributed by atoms with Crippen LogP contribution in [0.4, 0.5) is 13.2 Å². The molecule has 7 heteroatoms. The van der Waals surface area contributed by atoms with Gasteiger partial charge < -0.3 is 14.9 Å². The van der Waals surface area contributed by atoms with Gasteiger partial charge in [0.05, 0.1) is 24.9 Å². The van der Waals surface area contributed by atoms with Gasteiger partial charge >= 0.3 is 6.18 Å². The quantitative estimate of drug-likeness (QED) is 0.534. The number of halogens is 3. The molecule has 4 nitrogen and oxygen atoms in total. The van der Waals surface area contributed by atoms with Crippen molar-refractivity contribution in [1.82, 2.24) is 4.98 Å². The van der Waals surface area contributed by atoms with E-state index in [1.165, 1.54) is 18.6 Å². The lowest BCUT2D eigenvalue weighted by molar-refractivity contribution is -0.137. The van der Waals surface area contributed by atoms with Crippen molar-refractivity contribution in [3.05, 3.63) is 69.5 Å². The number of alkyl halides is 3. The van der Waals surface area contributed by atoms with Crippen LogP contribution in [0.5, 0.6) is 0 Å². The van der Waals surface area contributed by atoms with Crippen molar-refractivity contribution in [2.45, 2.75) is 76.7 Å². The molecule has 0 bridgehead atoms. The fourth-order valence-corrected chi connectivity index (χ4v) is 6.01. The fourth-order valence-electron chi connectivity index (χ4n) is 6.01. The van der Waals surface area contributed by atoms with E-state index in [-0.39, 0.29) is 11.3 Å². The molecule has 1 spiro atoms. The van der Waals surface area contributed by atoms with Gasteiger partial charge in [-0.1, -0.05) is 38.5 Å². The first kappa shape index (κ1) is 24.5. The molecular formula is C28H32F3NO3. The van der Waals surface area contributed by atoms with Crippen LogP contribution in [0.15, 0.2) is 30.3 Å². The van der Waals surface area contributed by atoms with E-state index in [0.29, 0.717) is 37.2 Å². The lowest BCUT2D eigenvalue weighted by Crippen LogP contribution is -2.38. The van der Waals surface area contributed by atoms with E-state index >= 15 is 0 Å². The molecule has 5 rings (SSSR count). The zero-order valence-corrected chi connectivity index (χ0v) is 20.2. The second-order valence-electron chi connectivity index (χ2n) is 10.6. The Balaban J connectivity index is 1.70. The summed E-state index contributed by atoms with van der Waals surface area (Å²) in [6.45, 7) is 5.01. The minimum Gasteiger partial charge on any atom is -0.388 e. The Labute approximate surface area is 203 Å². The van der Waals surface area contributed by atoms with Crippen molar-refractivity contribution < 1.29 is 28.1 Å². The summed E-state index contributed by atoms with van der Waals surface area (Å²) in [6, 6.07) is 4.67. The van der Waals surface area contributed by atoms with Crippen LogP contribution in [0, 0.1) is 5.41 Å². The average Bonchev–Trinajstić information content (AvgIpc) is 2.81. The summed E-state index contributed by atoms with van der Waals surface area (Å²) in [5.74, 6) is -0.0185. The smallest absolute Gasteiger partial charge is 0.388 e. The number of ether oxygens (including phenoxy) is 1. The zero-order chi connectivity index (χ0) is 25.0. The molecule has 2 aromatic rings. The normalized spacial score (nSPS) is 22.5. The summed E-state index contributed by atoms with van der Waals surface area (Å²) in [4.78, 5) is 5.04. The summed E-state index contributed by atoms with van der Waals surface area (Å²) in [6.07, 6.45) is 1.16. The van der Waals surface area contributed by atoms with Gasteiger partial charge in [-0.2, -0.15) is 13.2 Å². The number of pyridine rings is 1. The van der Waals surface area contributed by atoms with Crippen LogP contribution in [0.2, 0.25) is 0 Å². The van der Waals surface area contributed by atoms with Crippen molar-refractivity contribution >= 4 is 5.57 Å². The largest absolute Gasteiger partial charge is 0.416 e. The molecular weight excluding hydrogens is 455 g/mol. The first-order valence-electron chi connectivity index (χ1n) is 12.5. The lowest BCUT2D eigenvalue weighted by atomic mass is 9.59. The average molecular weight is 488 g/mol.